The lowest BCUT2D eigenvalue weighted by Crippen LogP contribution is -2.04. The van der Waals surface area contributed by atoms with Crippen molar-refractivity contribution in [2.45, 2.75) is 16.0 Å². The Labute approximate surface area is 106 Å². The highest BCUT2D eigenvalue weighted by Gasteiger charge is 2.30. The predicted octanol–water partition coefficient (Wildman–Crippen LogP) is 3.83. The molecule has 1 aromatic heterocycles. The van der Waals surface area contributed by atoms with Gasteiger partial charge in [0.2, 0.25) is 0 Å². The van der Waals surface area contributed by atoms with Gasteiger partial charge in [-0.15, -0.1) is 0 Å². The minimum atomic E-state index is -4.32. The SMILES string of the molecule is Nc1ccc(Sc2cccc(C(F)(F)F)c2)cn1. The number of rotatable bonds is 2. The van der Waals surface area contributed by atoms with Crippen molar-refractivity contribution in [1.29, 1.82) is 0 Å². The number of nitrogen functional groups attached to an aromatic ring is 1. The smallest absolute Gasteiger partial charge is 0.384 e. The molecule has 0 aliphatic heterocycles. The number of hydrogen-bond donors (Lipinski definition) is 1. The molecule has 0 saturated heterocycles. The van der Waals surface area contributed by atoms with Crippen LogP contribution < -0.4 is 5.73 Å². The van der Waals surface area contributed by atoms with Gasteiger partial charge in [0.05, 0.1) is 5.56 Å². The van der Waals surface area contributed by atoms with Crippen molar-refractivity contribution in [3.05, 3.63) is 48.2 Å². The minimum absolute atomic E-state index is 0.378. The van der Waals surface area contributed by atoms with E-state index >= 15 is 0 Å². The maximum atomic E-state index is 12.5. The van der Waals surface area contributed by atoms with Crippen molar-refractivity contribution < 1.29 is 13.2 Å². The maximum Gasteiger partial charge on any atom is 0.416 e. The summed E-state index contributed by atoms with van der Waals surface area (Å²) in [5.41, 5.74) is 4.78. The number of aromatic nitrogens is 1. The van der Waals surface area contributed by atoms with Crippen LogP contribution in [-0.2, 0) is 6.18 Å². The van der Waals surface area contributed by atoms with Crippen LogP contribution in [0.2, 0.25) is 0 Å². The first-order valence-corrected chi connectivity index (χ1v) is 5.83. The van der Waals surface area contributed by atoms with Gasteiger partial charge in [0.1, 0.15) is 5.82 Å². The Morgan fingerprint density at radius 2 is 1.83 bits per heavy atom. The molecule has 0 amide bonds. The molecule has 1 heterocycles. The molecule has 0 fully saturated rings. The van der Waals surface area contributed by atoms with Crippen molar-refractivity contribution in [3.8, 4) is 0 Å². The molecular weight excluding hydrogens is 261 g/mol. The lowest BCUT2D eigenvalue weighted by molar-refractivity contribution is -0.137. The Morgan fingerprint density at radius 3 is 2.44 bits per heavy atom. The quantitative estimate of drug-likeness (QED) is 0.901. The summed E-state index contributed by atoms with van der Waals surface area (Å²) in [6.45, 7) is 0. The highest BCUT2D eigenvalue weighted by atomic mass is 32.2. The minimum Gasteiger partial charge on any atom is -0.384 e. The van der Waals surface area contributed by atoms with Crippen molar-refractivity contribution in [2.24, 2.45) is 0 Å². The first-order chi connectivity index (χ1) is 8.45. The van der Waals surface area contributed by atoms with Crippen LogP contribution in [0.3, 0.4) is 0 Å². The Hall–Kier alpha value is -1.69. The number of nitrogens with zero attached hydrogens (tertiary/aromatic N) is 1. The van der Waals surface area contributed by atoms with Gasteiger partial charge in [-0.3, -0.25) is 0 Å². The number of nitrogens with two attached hydrogens (primary N) is 1. The second-order valence-electron chi connectivity index (χ2n) is 3.55. The maximum absolute atomic E-state index is 12.5. The second-order valence-corrected chi connectivity index (χ2v) is 4.69. The van der Waals surface area contributed by atoms with E-state index in [-0.39, 0.29) is 0 Å². The Bertz CT molecular complexity index is 538. The largest absolute Gasteiger partial charge is 0.416 e. The summed E-state index contributed by atoms with van der Waals surface area (Å²) < 4.78 is 37.6. The van der Waals surface area contributed by atoms with Crippen molar-refractivity contribution in [1.82, 2.24) is 4.98 Å². The highest BCUT2D eigenvalue weighted by molar-refractivity contribution is 7.99. The summed E-state index contributed by atoms with van der Waals surface area (Å²) in [5, 5.41) is 0. The molecule has 18 heavy (non-hydrogen) atoms. The molecular formula is C12H9F3N2S. The first-order valence-electron chi connectivity index (χ1n) is 5.02. The molecule has 2 aromatic rings. The fourth-order valence-corrected chi connectivity index (χ4v) is 2.17. The third kappa shape index (κ3) is 3.16. The summed E-state index contributed by atoms with van der Waals surface area (Å²) in [7, 11) is 0. The summed E-state index contributed by atoms with van der Waals surface area (Å²) in [4.78, 5) is 5.13. The van der Waals surface area contributed by atoms with Gasteiger partial charge in [-0.2, -0.15) is 13.2 Å². The second kappa shape index (κ2) is 4.89. The molecule has 1 aromatic carbocycles. The van der Waals surface area contributed by atoms with Crippen LogP contribution in [0.4, 0.5) is 19.0 Å². The van der Waals surface area contributed by atoms with E-state index in [1.165, 1.54) is 24.0 Å². The molecule has 2 N–H and O–H groups in total. The van der Waals surface area contributed by atoms with E-state index in [0.717, 1.165) is 17.0 Å². The molecule has 0 aliphatic carbocycles. The molecule has 0 atom stereocenters. The molecule has 94 valence electrons. The van der Waals surface area contributed by atoms with Gasteiger partial charge in [0, 0.05) is 16.0 Å². The van der Waals surface area contributed by atoms with Gasteiger partial charge in [0.25, 0.3) is 0 Å². The van der Waals surface area contributed by atoms with E-state index in [1.807, 2.05) is 0 Å². The van der Waals surface area contributed by atoms with Crippen LogP contribution in [-0.4, -0.2) is 4.98 Å². The molecule has 6 heteroatoms. The summed E-state index contributed by atoms with van der Waals surface area (Å²) in [6, 6.07) is 8.49. The number of hydrogen-bond acceptors (Lipinski definition) is 3. The first kappa shape index (κ1) is 12.8. The molecule has 0 bridgehead atoms. The van der Waals surface area contributed by atoms with Gasteiger partial charge in [-0.1, -0.05) is 17.8 Å². The summed E-state index contributed by atoms with van der Waals surface area (Å²) >= 11 is 1.21. The van der Waals surface area contributed by atoms with Crippen LogP contribution >= 0.6 is 11.8 Å². The number of halogens is 3. The van der Waals surface area contributed by atoms with Crippen molar-refractivity contribution in [2.75, 3.05) is 5.73 Å². The van der Waals surface area contributed by atoms with Crippen LogP contribution in [0, 0.1) is 0 Å². The summed E-state index contributed by atoms with van der Waals surface area (Å²) in [6.07, 6.45) is -2.80. The Balaban J connectivity index is 2.22. The molecule has 2 rings (SSSR count). The monoisotopic (exact) mass is 270 g/mol. The van der Waals surface area contributed by atoms with Gasteiger partial charge < -0.3 is 5.73 Å². The van der Waals surface area contributed by atoms with E-state index in [4.69, 9.17) is 5.73 Å². The normalized spacial score (nSPS) is 11.5. The number of benzene rings is 1. The average molecular weight is 270 g/mol. The number of pyridine rings is 1. The highest BCUT2D eigenvalue weighted by Crippen LogP contribution is 2.34. The lowest BCUT2D eigenvalue weighted by Gasteiger charge is -2.08. The molecule has 0 unspecified atom stereocenters. The third-order valence-corrected chi connectivity index (χ3v) is 3.12. The van der Waals surface area contributed by atoms with Crippen LogP contribution in [0.5, 0.6) is 0 Å². The van der Waals surface area contributed by atoms with E-state index in [2.05, 4.69) is 4.98 Å². The van der Waals surface area contributed by atoms with Crippen LogP contribution in [0.25, 0.3) is 0 Å². The van der Waals surface area contributed by atoms with Crippen LogP contribution in [0.1, 0.15) is 5.56 Å². The summed E-state index contributed by atoms with van der Waals surface area (Å²) in [5.74, 6) is 0.378. The third-order valence-electron chi connectivity index (χ3n) is 2.16. The van der Waals surface area contributed by atoms with Gasteiger partial charge >= 0.3 is 6.18 Å². The molecule has 0 aliphatic rings. The number of alkyl halides is 3. The van der Waals surface area contributed by atoms with Crippen LogP contribution in [0.15, 0.2) is 52.4 Å². The Kier molecular flexibility index (Phi) is 3.47. The molecule has 0 spiro atoms. The topological polar surface area (TPSA) is 38.9 Å². The fraction of sp³-hybridized carbons (Fsp3) is 0.0833. The van der Waals surface area contributed by atoms with Gasteiger partial charge in [-0.25, -0.2) is 4.98 Å². The zero-order valence-electron chi connectivity index (χ0n) is 9.11. The van der Waals surface area contributed by atoms with E-state index in [0.29, 0.717) is 10.7 Å². The molecule has 0 radical (unpaired) electrons. The zero-order valence-corrected chi connectivity index (χ0v) is 9.92. The van der Waals surface area contributed by atoms with Gasteiger partial charge in [-0.05, 0) is 30.3 Å². The van der Waals surface area contributed by atoms with E-state index in [9.17, 15) is 13.2 Å². The zero-order chi connectivity index (χ0) is 13.2. The standard InChI is InChI=1S/C12H9F3N2S/c13-12(14,15)8-2-1-3-9(6-8)18-10-4-5-11(16)17-7-10/h1-7H,(H2,16,17). The fourth-order valence-electron chi connectivity index (χ4n) is 1.32. The Morgan fingerprint density at radius 1 is 1.06 bits per heavy atom. The molecule has 0 saturated carbocycles. The van der Waals surface area contributed by atoms with E-state index < -0.39 is 11.7 Å². The average Bonchev–Trinajstić information content (AvgIpc) is 2.31. The van der Waals surface area contributed by atoms with Crippen molar-refractivity contribution >= 4 is 17.6 Å². The van der Waals surface area contributed by atoms with Crippen molar-refractivity contribution in [3.63, 3.8) is 0 Å². The van der Waals surface area contributed by atoms with Gasteiger partial charge in [0.15, 0.2) is 0 Å². The lowest BCUT2D eigenvalue weighted by atomic mass is 10.2. The number of anilines is 1. The predicted molar refractivity (Wildman–Crippen MR) is 64.2 cm³/mol. The van der Waals surface area contributed by atoms with E-state index in [1.54, 1.807) is 18.2 Å². The molecule has 2 nitrogen and oxygen atoms in total.